The van der Waals surface area contributed by atoms with Crippen LogP contribution in [-0.4, -0.2) is 29.7 Å². The van der Waals surface area contributed by atoms with Crippen LogP contribution in [0.4, 0.5) is 0 Å². The molecule has 1 aromatic heterocycles. The molecule has 1 N–H and O–H groups in total. The van der Waals surface area contributed by atoms with E-state index in [0.717, 1.165) is 25.3 Å². The highest BCUT2D eigenvalue weighted by atomic mass is 35.5. The molecule has 0 aromatic carbocycles. The van der Waals surface area contributed by atoms with Crippen molar-refractivity contribution in [2.45, 2.75) is 19.4 Å². The summed E-state index contributed by atoms with van der Waals surface area (Å²) in [5.41, 5.74) is 0.782. The van der Waals surface area contributed by atoms with Crippen LogP contribution in [0, 0.1) is 5.92 Å². The van der Waals surface area contributed by atoms with Crippen molar-refractivity contribution in [1.82, 2.24) is 15.3 Å². The Balaban J connectivity index is 0.00000162. The zero-order valence-corrected chi connectivity index (χ0v) is 12.2. The van der Waals surface area contributed by atoms with Gasteiger partial charge in [-0.3, -0.25) is 0 Å². The molecule has 1 aliphatic rings. The van der Waals surface area contributed by atoms with Crippen molar-refractivity contribution in [2.75, 3.05) is 19.7 Å². The van der Waals surface area contributed by atoms with E-state index in [9.17, 15) is 0 Å². The third-order valence-corrected chi connectivity index (χ3v) is 3.36. The Labute approximate surface area is 123 Å². The number of hydrogen-bond donors (Lipinski definition) is 1. The number of rotatable bonds is 4. The minimum atomic E-state index is 0. The summed E-state index contributed by atoms with van der Waals surface area (Å²) in [6.07, 6.45) is 3.95. The molecule has 0 radical (unpaired) electrons. The molecule has 18 heavy (non-hydrogen) atoms. The largest absolute Gasteiger partial charge is 0.376 e. The van der Waals surface area contributed by atoms with Gasteiger partial charge in [0.1, 0.15) is 5.15 Å². The van der Waals surface area contributed by atoms with E-state index in [-0.39, 0.29) is 17.7 Å². The summed E-state index contributed by atoms with van der Waals surface area (Å²) < 4.78 is 5.64. The summed E-state index contributed by atoms with van der Waals surface area (Å²) in [5.74, 6) is 0.642. The van der Waals surface area contributed by atoms with Gasteiger partial charge in [0.15, 0.2) is 0 Å². The highest BCUT2D eigenvalue weighted by molar-refractivity contribution is 6.32. The molecule has 0 spiro atoms. The van der Waals surface area contributed by atoms with Crippen molar-refractivity contribution >= 4 is 35.6 Å². The van der Waals surface area contributed by atoms with E-state index >= 15 is 0 Å². The normalized spacial score (nSPS) is 16.3. The van der Waals surface area contributed by atoms with Crippen molar-refractivity contribution in [1.29, 1.82) is 0 Å². The van der Waals surface area contributed by atoms with Gasteiger partial charge in [-0.05, 0) is 43.5 Å². The lowest BCUT2D eigenvalue weighted by Gasteiger charge is -2.22. The summed E-state index contributed by atoms with van der Waals surface area (Å²) in [7, 11) is 0. The van der Waals surface area contributed by atoms with Gasteiger partial charge in [-0.15, -0.1) is 12.4 Å². The van der Waals surface area contributed by atoms with E-state index in [4.69, 9.17) is 27.9 Å². The predicted octanol–water partition coefficient (Wildman–Crippen LogP) is 2.72. The molecule has 7 heteroatoms. The molecule has 1 aliphatic heterocycles. The maximum absolute atomic E-state index is 5.93. The molecule has 1 fully saturated rings. The standard InChI is InChI=1S/C11H15Cl2N3O.ClH/c12-10-9(5-15-11(13)16-10)7-17-6-8-1-3-14-4-2-8;/h5,8,14H,1-4,6-7H2;1H. The second-order valence-electron chi connectivity index (χ2n) is 4.16. The SMILES string of the molecule is Cl.Clc1ncc(COCC2CCNCC2)c(Cl)n1. The summed E-state index contributed by atoms with van der Waals surface area (Å²) >= 11 is 11.5. The van der Waals surface area contributed by atoms with Crippen LogP contribution >= 0.6 is 35.6 Å². The fourth-order valence-electron chi connectivity index (χ4n) is 1.85. The Hall–Kier alpha value is -0.130. The average molecular weight is 313 g/mol. The Morgan fingerprint density at radius 3 is 2.72 bits per heavy atom. The zero-order chi connectivity index (χ0) is 12.1. The van der Waals surface area contributed by atoms with Crippen LogP contribution in [0.5, 0.6) is 0 Å². The second-order valence-corrected chi connectivity index (χ2v) is 4.86. The van der Waals surface area contributed by atoms with Crippen molar-refractivity contribution in [3.63, 3.8) is 0 Å². The maximum Gasteiger partial charge on any atom is 0.223 e. The Kier molecular flexibility index (Phi) is 7.19. The first-order valence-corrected chi connectivity index (χ1v) is 6.46. The average Bonchev–Trinajstić information content (AvgIpc) is 2.33. The number of halogens is 3. The van der Waals surface area contributed by atoms with E-state index in [2.05, 4.69) is 15.3 Å². The molecule has 0 unspecified atom stereocenters. The molecule has 0 atom stereocenters. The van der Waals surface area contributed by atoms with Gasteiger partial charge in [0.25, 0.3) is 0 Å². The number of aromatic nitrogens is 2. The Bertz CT molecular complexity index is 373. The van der Waals surface area contributed by atoms with Gasteiger partial charge in [0, 0.05) is 18.4 Å². The molecule has 2 rings (SSSR count). The van der Waals surface area contributed by atoms with Gasteiger partial charge in [-0.25, -0.2) is 9.97 Å². The van der Waals surface area contributed by atoms with Crippen LogP contribution in [0.15, 0.2) is 6.20 Å². The quantitative estimate of drug-likeness (QED) is 0.686. The lowest BCUT2D eigenvalue weighted by atomic mass is 9.99. The Morgan fingerprint density at radius 1 is 1.33 bits per heavy atom. The summed E-state index contributed by atoms with van der Waals surface area (Å²) in [6, 6.07) is 0. The van der Waals surface area contributed by atoms with Gasteiger partial charge >= 0.3 is 0 Å². The number of hydrogen-bond acceptors (Lipinski definition) is 4. The first-order chi connectivity index (χ1) is 8.25. The van der Waals surface area contributed by atoms with E-state index < -0.39 is 0 Å². The maximum atomic E-state index is 5.93. The minimum Gasteiger partial charge on any atom is -0.376 e. The van der Waals surface area contributed by atoms with Crippen LogP contribution in [0.2, 0.25) is 10.4 Å². The van der Waals surface area contributed by atoms with Crippen LogP contribution < -0.4 is 5.32 Å². The van der Waals surface area contributed by atoms with Crippen LogP contribution in [0.1, 0.15) is 18.4 Å². The van der Waals surface area contributed by atoms with Gasteiger partial charge in [-0.1, -0.05) is 11.6 Å². The molecule has 0 bridgehead atoms. The van der Waals surface area contributed by atoms with E-state index in [1.807, 2.05) is 0 Å². The van der Waals surface area contributed by atoms with Crippen molar-refractivity contribution in [3.8, 4) is 0 Å². The fourth-order valence-corrected chi connectivity index (χ4v) is 2.21. The second kappa shape index (κ2) is 8.12. The monoisotopic (exact) mass is 311 g/mol. The number of piperidine rings is 1. The third kappa shape index (κ3) is 4.86. The highest BCUT2D eigenvalue weighted by Gasteiger charge is 2.13. The molecule has 0 aliphatic carbocycles. The van der Waals surface area contributed by atoms with Crippen LogP contribution in [-0.2, 0) is 11.3 Å². The molecule has 4 nitrogen and oxygen atoms in total. The molecule has 0 amide bonds. The predicted molar refractivity (Wildman–Crippen MR) is 74.5 cm³/mol. The molecular weight excluding hydrogens is 296 g/mol. The lowest BCUT2D eigenvalue weighted by molar-refractivity contribution is 0.0761. The fraction of sp³-hybridized carbons (Fsp3) is 0.636. The van der Waals surface area contributed by atoms with Crippen LogP contribution in [0.3, 0.4) is 0 Å². The zero-order valence-electron chi connectivity index (χ0n) is 9.86. The molecule has 1 saturated heterocycles. The van der Waals surface area contributed by atoms with Gasteiger partial charge in [-0.2, -0.15) is 0 Å². The number of nitrogens with one attached hydrogen (secondary N) is 1. The summed E-state index contributed by atoms with van der Waals surface area (Å²) in [4.78, 5) is 7.75. The molecule has 2 heterocycles. The topological polar surface area (TPSA) is 47.0 Å². The number of nitrogens with zero attached hydrogens (tertiary/aromatic N) is 2. The lowest BCUT2D eigenvalue weighted by Crippen LogP contribution is -2.29. The Morgan fingerprint density at radius 2 is 2.06 bits per heavy atom. The first kappa shape index (κ1) is 15.9. The van der Waals surface area contributed by atoms with E-state index in [0.29, 0.717) is 17.7 Å². The van der Waals surface area contributed by atoms with Crippen molar-refractivity contribution < 1.29 is 4.74 Å². The van der Waals surface area contributed by atoms with E-state index in [1.54, 1.807) is 6.20 Å². The van der Waals surface area contributed by atoms with Crippen LogP contribution in [0.25, 0.3) is 0 Å². The molecular formula is C11H16Cl3N3O. The van der Waals surface area contributed by atoms with Gasteiger partial charge in [0.05, 0.1) is 6.61 Å². The van der Waals surface area contributed by atoms with Gasteiger partial charge in [0.2, 0.25) is 5.28 Å². The smallest absolute Gasteiger partial charge is 0.223 e. The summed E-state index contributed by atoms with van der Waals surface area (Å²) in [6.45, 7) is 3.37. The first-order valence-electron chi connectivity index (χ1n) is 5.71. The highest BCUT2D eigenvalue weighted by Crippen LogP contribution is 2.17. The van der Waals surface area contributed by atoms with Crippen molar-refractivity contribution in [3.05, 3.63) is 22.2 Å². The van der Waals surface area contributed by atoms with Crippen molar-refractivity contribution in [2.24, 2.45) is 5.92 Å². The van der Waals surface area contributed by atoms with Gasteiger partial charge < -0.3 is 10.1 Å². The molecule has 0 saturated carbocycles. The summed E-state index contributed by atoms with van der Waals surface area (Å²) in [5, 5.41) is 3.86. The minimum absolute atomic E-state index is 0. The third-order valence-electron chi connectivity index (χ3n) is 2.85. The van der Waals surface area contributed by atoms with E-state index in [1.165, 1.54) is 12.8 Å². The molecule has 1 aromatic rings. The number of ether oxygens (including phenoxy) is 1. The molecule has 102 valence electrons.